The lowest BCUT2D eigenvalue weighted by molar-refractivity contribution is 0.0172. The van der Waals surface area contributed by atoms with Crippen molar-refractivity contribution in [3.63, 3.8) is 0 Å². The average molecular weight is 519 g/mol. The number of nitrogens with zero attached hydrogens (tertiary/aromatic N) is 1. The van der Waals surface area contributed by atoms with Crippen molar-refractivity contribution in [3.05, 3.63) is 93.8 Å². The molecule has 0 amide bonds. The van der Waals surface area contributed by atoms with E-state index in [2.05, 4.69) is 0 Å². The number of hydrogen-bond acceptors (Lipinski definition) is 3. The number of fused-ring (bicyclic) bond motifs is 1. The van der Waals surface area contributed by atoms with Gasteiger partial charge >= 0.3 is 0 Å². The van der Waals surface area contributed by atoms with Crippen LogP contribution in [0, 0.1) is 11.2 Å². The molecule has 0 atom stereocenters. The van der Waals surface area contributed by atoms with E-state index in [0.717, 1.165) is 10.4 Å². The first-order valence-corrected chi connectivity index (χ1v) is 12.6. The molecule has 0 unspecified atom stereocenters. The molecule has 0 fully saturated rings. The highest BCUT2D eigenvalue weighted by Gasteiger charge is 2.33. The van der Waals surface area contributed by atoms with Crippen LogP contribution in [0.3, 0.4) is 0 Å². The summed E-state index contributed by atoms with van der Waals surface area (Å²) in [5.41, 5.74) is 1.89. The smallest absolute Gasteiger partial charge is 0.270 e. The van der Waals surface area contributed by atoms with Gasteiger partial charge in [-0.15, -0.1) is 0 Å². The summed E-state index contributed by atoms with van der Waals surface area (Å²) in [5, 5.41) is 8.53. The quantitative estimate of drug-likeness (QED) is 0.365. The lowest BCUT2D eigenvalue weighted by Gasteiger charge is -2.31. The fourth-order valence-electron chi connectivity index (χ4n) is 4.07. The molecule has 35 heavy (non-hydrogen) atoms. The first-order chi connectivity index (χ1) is 16.4. The predicted molar refractivity (Wildman–Crippen MR) is 133 cm³/mol. The Hall–Kier alpha value is -3.10. The Morgan fingerprint density at radius 3 is 2.51 bits per heavy atom. The molecule has 1 heterocycles. The minimum atomic E-state index is -4.19. The number of halogens is 4. The maximum atomic E-state index is 14.4. The summed E-state index contributed by atoms with van der Waals surface area (Å²) >= 11 is 6.17. The van der Waals surface area contributed by atoms with E-state index in [0.29, 0.717) is 23.6 Å². The zero-order valence-electron chi connectivity index (χ0n) is 18.9. The molecule has 182 valence electrons. The molecule has 4 nitrogen and oxygen atoms in total. The van der Waals surface area contributed by atoms with E-state index >= 15 is 0 Å². The third-order valence-electron chi connectivity index (χ3n) is 5.85. The summed E-state index contributed by atoms with van der Waals surface area (Å²) in [5.74, 6) is -3.68. The predicted octanol–water partition coefficient (Wildman–Crippen LogP) is 7.12. The maximum absolute atomic E-state index is 14.4. The van der Waals surface area contributed by atoms with Crippen molar-refractivity contribution in [2.75, 3.05) is 10.8 Å². The van der Waals surface area contributed by atoms with Gasteiger partial charge in [-0.05, 0) is 48.4 Å². The minimum Gasteiger partial charge on any atom is -0.305 e. The molecule has 1 N–H and O–H groups in total. The largest absolute Gasteiger partial charge is 0.305 e. The molecule has 0 radical (unpaired) electrons. The van der Waals surface area contributed by atoms with E-state index in [4.69, 9.17) is 17.0 Å². The van der Waals surface area contributed by atoms with Gasteiger partial charge < -0.3 is 5.41 Å². The first kappa shape index (κ1) is 25.0. The average Bonchev–Trinajstić information content (AvgIpc) is 2.78. The Labute approximate surface area is 207 Å². The van der Waals surface area contributed by atoms with Gasteiger partial charge in [-0.2, -0.15) is 0 Å². The van der Waals surface area contributed by atoms with Gasteiger partial charge in [0.25, 0.3) is 15.9 Å². The van der Waals surface area contributed by atoms with E-state index in [-0.39, 0.29) is 39.8 Å². The van der Waals surface area contributed by atoms with Crippen LogP contribution in [0.15, 0.2) is 65.6 Å². The molecule has 0 saturated heterocycles. The number of anilines is 1. The van der Waals surface area contributed by atoms with E-state index < -0.39 is 27.3 Å². The fraction of sp³-hybridized carbons (Fsp3) is 0.192. The van der Waals surface area contributed by atoms with E-state index in [1.807, 2.05) is 0 Å². The number of sulfonamides is 1. The van der Waals surface area contributed by atoms with Gasteiger partial charge in [0.1, 0.15) is 5.82 Å². The Balaban J connectivity index is 1.80. The highest BCUT2D eigenvalue weighted by molar-refractivity contribution is 7.92. The number of rotatable bonds is 5. The molecular formula is C26H22ClF3N2O2S. The number of allylic oxidation sites excluding steroid dienone is 1. The van der Waals surface area contributed by atoms with Crippen molar-refractivity contribution in [1.82, 2.24) is 0 Å². The molecule has 1 aliphatic heterocycles. The van der Waals surface area contributed by atoms with Crippen LogP contribution in [-0.2, 0) is 15.9 Å². The third-order valence-corrected chi connectivity index (χ3v) is 7.97. The van der Waals surface area contributed by atoms with Crippen molar-refractivity contribution in [2.45, 2.75) is 31.1 Å². The first-order valence-electron chi connectivity index (χ1n) is 10.8. The number of hydrogen-bond donors (Lipinski definition) is 1. The van der Waals surface area contributed by atoms with Gasteiger partial charge in [0.05, 0.1) is 15.6 Å². The van der Waals surface area contributed by atoms with E-state index in [9.17, 15) is 21.6 Å². The summed E-state index contributed by atoms with van der Waals surface area (Å²) in [6.07, 6.45) is 1.85. The lowest BCUT2D eigenvalue weighted by Crippen LogP contribution is -2.37. The lowest BCUT2D eigenvalue weighted by atomic mass is 9.97. The summed E-state index contributed by atoms with van der Waals surface area (Å²) in [6.45, 7) is 2.39. The van der Waals surface area contributed by atoms with Gasteiger partial charge in [0.15, 0.2) is 0 Å². The molecule has 0 aliphatic carbocycles. The molecule has 3 aromatic rings. The van der Waals surface area contributed by atoms with Crippen LogP contribution >= 0.6 is 11.6 Å². The van der Waals surface area contributed by atoms with Crippen LogP contribution in [0.2, 0.25) is 5.02 Å². The van der Waals surface area contributed by atoms with Gasteiger partial charge in [-0.1, -0.05) is 48.0 Å². The highest BCUT2D eigenvalue weighted by atomic mass is 35.5. The van der Waals surface area contributed by atoms with Gasteiger partial charge in [-0.3, -0.25) is 4.31 Å². The molecule has 3 aromatic carbocycles. The van der Waals surface area contributed by atoms with Gasteiger partial charge in [0.2, 0.25) is 0 Å². The van der Waals surface area contributed by atoms with Crippen LogP contribution in [-0.4, -0.2) is 20.7 Å². The standard InChI is InChI=1S/C26H22ClF3N2O2S/c1-16(25-21(27)7-4-8-22(25)28)13-17-9-10-20-23(31)11-12-32(24(20)14-17)35(33,34)19-6-3-5-18(15-19)26(2,29)30/h3-10,13-15,31H,11-12H2,1-2H3/b16-13+,31-23?. The molecular weight excluding hydrogens is 497 g/mol. The Morgan fingerprint density at radius 2 is 1.83 bits per heavy atom. The van der Waals surface area contributed by atoms with Crippen LogP contribution in [0.1, 0.15) is 42.5 Å². The zero-order valence-corrected chi connectivity index (χ0v) is 20.5. The van der Waals surface area contributed by atoms with Crippen molar-refractivity contribution < 1.29 is 21.6 Å². The Kier molecular flexibility index (Phi) is 6.55. The van der Waals surface area contributed by atoms with Crippen LogP contribution in [0.25, 0.3) is 11.6 Å². The maximum Gasteiger partial charge on any atom is 0.270 e. The number of benzene rings is 3. The Morgan fingerprint density at radius 1 is 1.11 bits per heavy atom. The molecule has 0 saturated carbocycles. The van der Waals surface area contributed by atoms with Crippen LogP contribution in [0.5, 0.6) is 0 Å². The van der Waals surface area contributed by atoms with Crippen LogP contribution < -0.4 is 4.31 Å². The third kappa shape index (κ3) is 4.86. The molecule has 0 bridgehead atoms. The fourth-order valence-corrected chi connectivity index (χ4v) is 5.91. The topological polar surface area (TPSA) is 61.2 Å². The van der Waals surface area contributed by atoms with Crippen molar-refractivity contribution in [3.8, 4) is 0 Å². The second-order valence-electron chi connectivity index (χ2n) is 8.42. The molecule has 9 heteroatoms. The van der Waals surface area contributed by atoms with Gasteiger partial charge in [-0.25, -0.2) is 21.6 Å². The van der Waals surface area contributed by atoms with Crippen molar-refractivity contribution in [1.29, 1.82) is 5.41 Å². The monoisotopic (exact) mass is 518 g/mol. The van der Waals surface area contributed by atoms with Crippen molar-refractivity contribution >= 4 is 44.7 Å². The summed E-state index contributed by atoms with van der Waals surface area (Å²) in [7, 11) is -4.19. The highest BCUT2D eigenvalue weighted by Crippen LogP contribution is 2.36. The second kappa shape index (κ2) is 9.17. The number of alkyl halides is 2. The normalized spacial score (nSPS) is 14.7. The van der Waals surface area contributed by atoms with Crippen molar-refractivity contribution in [2.24, 2.45) is 0 Å². The molecule has 4 rings (SSSR count). The SMILES string of the molecule is C/C(=C\c1ccc2c(c1)N(S(=O)(=O)c1cccc(C(C)(F)F)c1)CCC2=N)c1c(F)cccc1Cl. The zero-order chi connectivity index (χ0) is 25.5. The Bertz CT molecular complexity index is 1440. The summed E-state index contributed by atoms with van der Waals surface area (Å²) in [6, 6.07) is 14.0. The molecule has 0 aromatic heterocycles. The molecule has 1 aliphatic rings. The van der Waals surface area contributed by atoms with Crippen LogP contribution in [0.4, 0.5) is 18.9 Å². The van der Waals surface area contributed by atoms with E-state index in [1.165, 1.54) is 30.3 Å². The summed E-state index contributed by atoms with van der Waals surface area (Å²) < 4.78 is 70.2. The summed E-state index contributed by atoms with van der Waals surface area (Å²) in [4.78, 5) is -0.258. The second-order valence-corrected chi connectivity index (χ2v) is 10.7. The van der Waals surface area contributed by atoms with Gasteiger partial charge in [0, 0.05) is 42.3 Å². The molecule has 0 spiro atoms. The number of nitrogens with one attached hydrogen (secondary N) is 1. The van der Waals surface area contributed by atoms with E-state index in [1.54, 1.807) is 37.3 Å². The minimum absolute atomic E-state index is 0.00773.